The van der Waals surface area contributed by atoms with Crippen LogP contribution in [0.15, 0.2) is 18.7 Å². The minimum atomic E-state index is -0.156. The fourth-order valence-corrected chi connectivity index (χ4v) is 0.818. The zero-order valence-corrected chi connectivity index (χ0v) is 6.90. The van der Waals surface area contributed by atoms with Crippen molar-refractivity contribution in [3.05, 3.63) is 24.3 Å². The molecule has 0 aliphatic rings. The summed E-state index contributed by atoms with van der Waals surface area (Å²) < 4.78 is 0. The molecule has 1 aromatic heterocycles. The average molecular weight is 165 g/mol. The topological polar surface area (TPSA) is 68.9 Å². The Bertz CT molecular complexity index is 260. The summed E-state index contributed by atoms with van der Waals surface area (Å²) in [7, 11) is 0. The molecule has 0 saturated heterocycles. The van der Waals surface area contributed by atoms with Gasteiger partial charge in [0.25, 0.3) is 0 Å². The van der Waals surface area contributed by atoms with Crippen LogP contribution in [0.3, 0.4) is 0 Å². The number of carbonyl (C=O) groups is 1. The summed E-state index contributed by atoms with van der Waals surface area (Å²) in [6.45, 7) is 2.14. The molecular weight excluding hydrogens is 154 g/mol. The van der Waals surface area contributed by atoms with Gasteiger partial charge < -0.3 is 5.73 Å². The first-order chi connectivity index (χ1) is 5.75. The van der Waals surface area contributed by atoms with Crippen LogP contribution in [0, 0.1) is 5.92 Å². The summed E-state index contributed by atoms with van der Waals surface area (Å²) in [5, 5.41) is 0. The Hall–Kier alpha value is -1.29. The fourth-order valence-electron chi connectivity index (χ4n) is 0.818. The molecular formula is C8H11N3O. The molecule has 1 heterocycles. The van der Waals surface area contributed by atoms with Crippen molar-refractivity contribution in [3.63, 3.8) is 0 Å². The number of carbonyl (C=O) groups excluding carboxylic acids is 1. The molecule has 0 fully saturated rings. The van der Waals surface area contributed by atoms with Crippen molar-refractivity contribution in [1.29, 1.82) is 0 Å². The lowest BCUT2D eigenvalue weighted by atomic mass is 10.0. The first kappa shape index (κ1) is 8.80. The molecule has 0 amide bonds. The second-order valence-electron chi connectivity index (χ2n) is 2.63. The van der Waals surface area contributed by atoms with Gasteiger partial charge in [0.15, 0.2) is 5.78 Å². The minimum Gasteiger partial charge on any atom is -0.330 e. The van der Waals surface area contributed by atoms with Crippen LogP contribution in [0.1, 0.15) is 17.3 Å². The highest BCUT2D eigenvalue weighted by atomic mass is 16.1. The third-order valence-corrected chi connectivity index (χ3v) is 1.65. The van der Waals surface area contributed by atoms with Crippen LogP contribution in [-0.4, -0.2) is 22.3 Å². The third-order valence-electron chi connectivity index (χ3n) is 1.65. The lowest BCUT2D eigenvalue weighted by Crippen LogP contribution is -2.20. The van der Waals surface area contributed by atoms with Crippen LogP contribution in [0.2, 0.25) is 0 Å². The van der Waals surface area contributed by atoms with Gasteiger partial charge in [0, 0.05) is 24.9 Å². The summed E-state index contributed by atoms with van der Waals surface area (Å²) >= 11 is 0. The molecule has 0 radical (unpaired) electrons. The Balaban J connectivity index is 2.79. The van der Waals surface area contributed by atoms with E-state index in [0.29, 0.717) is 12.1 Å². The maximum Gasteiger partial charge on any atom is 0.170 e. The average Bonchev–Trinajstić information content (AvgIpc) is 2.17. The summed E-state index contributed by atoms with van der Waals surface area (Å²) in [4.78, 5) is 18.9. The van der Waals surface area contributed by atoms with Crippen molar-refractivity contribution in [3.8, 4) is 0 Å². The molecule has 4 nitrogen and oxygen atoms in total. The van der Waals surface area contributed by atoms with E-state index in [1.54, 1.807) is 6.92 Å². The fraction of sp³-hybridized carbons (Fsp3) is 0.375. The molecule has 4 heteroatoms. The van der Waals surface area contributed by atoms with Gasteiger partial charge in [0.05, 0.1) is 5.56 Å². The minimum absolute atomic E-state index is 0.00176. The van der Waals surface area contributed by atoms with Crippen LogP contribution in [0.5, 0.6) is 0 Å². The van der Waals surface area contributed by atoms with Crippen LogP contribution in [0.25, 0.3) is 0 Å². The highest BCUT2D eigenvalue weighted by Gasteiger charge is 2.13. The number of aromatic nitrogens is 2. The van der Waals surface area contributed by atoms with E-state index < -0.39 is 0 Å². The van der Waals surface area contributed by atoms with E-state index in [9.17, 15) is 4.79 Å². The van der Waals surface area contributed by atoms with E-state index in [1.165, 1.54) is 18.7 Å². The molecule has 1 unspecified atom stereocenters. The Kier molecular flexibility index (Phi) is 2.88. The molecule has 0 spiro atoms. The summed E-state index contributed by atoms with van der Waals surface area (Å²) in [6, 6.07) is 0. The Morgan fingerprint density at radius 1 is 1.58 bits per heavy atom. The van der Waals surface area contributed by atoms with Gasteiger partial charge in [-0.05, 0) is 0 Å². The quantitative estimate of drug-likeness (QED) is 0.652. The van der Waals surface area contributed by atoms with Gasteiger partial charge in [0.1, 0.15) is 6.33 Å². The number of nitrogens with zero attached hydrogens (tertiary/aromatic N) is 2. The number of hydrogen-bond donors (Lipinski definition) is 1. The van der Waals surface area contributed by atoms with Gasteiger partial charge in [-0.1, -0.05) is 6.92 Å². The van der Waals surface area contributed by atoms with Gasteiger partial charge in [0.2, 0.25) is 0 Å². The SMILES string of the molecule is CC(CN)C(=O)c1cncnc1. The van der Waals surface area contributed by atoms with Gasteiger partial charge in [-0.25, -0.2) is 9.97 Å². The summed E-state index contributed by atoms with van der Waals surface area (Å²) in [5.41, 5.74) is 5.87. The molecule has 1 rings (SSSR count). The normalized spacial score (nSPS) is 12.5. The number of hydrogen-bond acceptors (Lipinski definition) is 4. The van der Waals surface area contributed by atoms with Crippen molar-refractivity contribution in [2.75, 3.05) is 6.54 Å². The lowest BCUT2D eigenvalue weighted by molar-refractivity contribution is 0.0933. The zero-order valence-electron chi connectivity index (χ0n) is 6.90. The number of nitrogens with two attached hydrogens (primary N) is 1. The molecule has 0 aromatic carbocycles. The van der Waals surface area contributed by atoms with Crippen LogP contribution >= 0.6 is 0 Å². The molecule has 1 aromatic rings. The number of rotatable bonds is 3. The molecule has 0 saturated carbocycles. The molecule has 2 N–H and O–H groups in total. The van der Waals surface area contributed by atoms with Crippen molar-refractivity contribution >= 4 is 5.78 Å². The van der Waals surface area contributed by atoms with Crippen molar-refractivity contribution < 1.29 is 4.79 Å². The van der Waals surface area contributed by atoms with E-state index in [4.69, 9.17) is 5.73 Å². The van der Waals surface area contributed by atoms with Crippen molar-refractivity contribution in [1.82, 2.24) is 9.97 Å². The highest BCUT2D eigenvalue weighted by molar-refractivity contribution is 5.97. The van der Waals surface area contributed by atoms with Crippen LogP contribution in [-0.2, 0) is 0 Å². The molecule has 0 aliphatic carbocycles. The predicted molar refractivity (Wildman–Crippen MR) is 44.6 cm³/mol. The largest absolute Gasteiger partial charge is 0.330 e. The monoisotopic (exact) mass is 165 g/mol. The molecule has 1 atom stereocenters. The van der Waals surface area contributed by atoms with Gasteiger partial charge in [-0.3, -0.25) is 4.79 Å². The maximum absolute atomic E-state index is 11.4. The Labute approximate surface area is 70.8 Å². The molecule has 64 valence electrons. The van der Waals surface area contributed by atoms with E-state index >= 15 is 0 Å². The predicted octanol–water partition coefficient (Wildman–Crippen LogP) is 0.254. The van der Waals surface area contributed by atoms with Gasteiger partial charge in [-0.15, -0.1) is 0 Å². The first-order valence-corrected chi connectivity index (χ1v) is 3.75. The molecule has 12 heavy (non-hydrogen) atoms. The Morgan fingerprint density at radius 2 is 2.17 bits per heavy atom. The van der Waals surface area contributed by atoms with Crippen molar-refractivity contribution in [2.45, 2.75) is 6.92 Å². The van der Waals surface area contributed by atoms with Crippen molar-refractivity contribution in [2.24, 2.45) is 11.7 Å². The smallest absolute Gasteiger partial charge is 0.170 e. The maximum atomic E-state index is 11.4. The second kappa shape index (κ2) is 3.92. The van der Waals surface area contributed by atoms with Crippen LogP contribution < -0.4 is 5.73 Å². The number of Topliss-reactive ketones (excluding diaryl/α,β-unsaturated/α-hetero) is 1. The Morgan fingerprint density at radius 3 is 2.67 bits per heavy atom. The summed E-state index contributed by atoms with van der Waals surface area (Å²) in [5.74, 6) is -0.158. The standard InChI is InChI=1S/C8H11N3O/c1-6(2-9)8(12)7-3-10-5-11-4-7/h3-6H,2,9H2,1H3. The van der Waals surface area contributed by atoms with Gasteiger partial charge in [-0.2, -0.15) is 0 Å². The van der Waals surface area contributed by atoms with E-state index in [-0.39, 0.29) is 11.7 Å². The summed E-state index contributed by atoms with van der Waals surface area (Å²) in [6.07, 6.45) is 4.40. The molecule has 0 aliphatic heterocycles. The zero-order chi connectivity index (χ0) is 8.97. The highest BCUT2D eigenvalue weighted by Crippen LogP contribution is 2.03. The van der Waals surface area contributed by atoms with Crippen LogP contribution in [0.4, 0.5) is 0 Å². The third kappa shape index (κ3) is 1.85. The second-order valence-corrected chi connectivity index (χ2v) is 2.63. The first-order valence-electron chi connectivity index (χ1n) is 3.75. The lowest BCUT2D eigenvalue weighted by Gasteiger charge is -2.05. The molecule has 0 bridgehead atoms. The number of ketones is 1. The van der Waals surface area contributed by atoms with E-state index in [0.717, 1.165) is 0 Å². The van der Waals surface area contributed by atoms with Gasteiger partial charge >= 0.3 is 0 Å². The van der Waals surface area contributed by atoms with E-state index in [1.807, 2.05) is 0 Å². The van der Waals surface area contributed by atoms with E-state index in [2.05, 4.69) is 9.97 Å².